The number of benzene rings is 2. The highest BCUT2D eigenvalue weighted by Gasteiger charge is 2.37. The van der Waals surface area contributed by atoms with Crippen LogP contribution >= 0.6 is 11.8 Å². The minimum Gasteiger partial charge on any atom is -0.508 e. The Morgan fingerprint density at radius 3 is 2.20 bits per heavy atom. The lowest BCUT2D eigenvalue weighted by Gasteiger charge is -2.34. The first-order chi connectivity index (χ1) is 28.0. The number of aromatic hydroxyl groups is 2. The number of nitrogens with one attached hydrogen (secondary N) is 5. The molecular formula is C38H48N8O12S. The van der Waals surface area contributed by atoms with E-state index in [2.05, 4.69) is 26.3 Å². The molecule has 1 saturated heterocycles. The molecular weight excluding hydrogens is 793 g/mol. The summed E-state index contributed by atoms with van der Waals surface area (Å²) in [5, 5.41) is 50.0. The van der Waals surface area contributed by atoms with Gasteiger partial charge in [-0.2, -0.15) is 11.8 Å². The van der Waals surface area contributed by atoms with Gasteiger partial charge < -0.3 is 57.1 Å². The van der Waals surface area contributed by atoms with E-state index < -0.39 is 83.5 Å². The molecule has 0 spiro atoms. The molecule has 1 aliphatic heterocycles. The van der Waals surface area contributed by atoms with Gasteiger partial charge in [0.1, 0.15) is 41.5 Å². The second-order valence-corrected chi connectivity index (χ2v) is 14.8. The van der Waals surface area contributed by atoms with E-state index in [0.29, 0.717) is 16.9 Å². The number of aromatic amines is 1. The molecule has 59 heavy (non-hydrogen) atoms. The fraction of sp³-hybridized carbons (Fsp3) is 0.395. The van der Waals surface area contributed by atoms with Crippen molar-refractivity contribution in [2.45, 2.75) is 75.1 Å². The molecule has 1 aliphatic rings. The smallest absolute Gasteiger partial charge is 0.331 e. The number of H-pyrrole nitrogens is 1. The van der Waals surface area contributed by atoms with Gasteiger partial charge >= 0.3 is 17.7 Å². The summed E-state index contributed by atoms with van der Waals surface area (Å²) in [6, 6.07) is 5.55. The molecule has 5 amide bonds. The monoisotopic (exact) mass is 840 g/mol. The van der Waals surface area contributed by atoms with Crippen LogP contribution in [-0.2, 0) is 36.8 Å². The van der Waals surface area contributed by atoms with E-state index in [1.54, 1.807) is 24.5 Å². The highest BCUT2D eigenvalue weighted by Crippen LogP contribution is 2.30. The number of carboxylic acid groups (broad SMARTS) is 1. The molecule has 0 radical (unpaired) electrons. The van der Waals surface area contributed by atoms with E-state index in [4.69, 9.17) is 10.5 Å². The summed E-state index contributed by atoms with van der Waals surface area (Å²) >= 11 is 1.35. The van der Waals surface area contributed by atoms with Crippen LogP contribution in [-0.4, -0.2) is 120 Å². The number of rotatable bonds is 18. The molecule has 3 aromatic rings. The Morgan fingerprint density at radius 2 is 1.61 bits per heavy atom. The van der Waals surface area contributed by atoms with Crippen LogP contribution in [0.1, 0.15) is 37.1 Å². The number of hydrogen-bond acceptors (Lipinski definition) is 13. The highest BCUT2D eigenvalue weighted by atomic mass is 32.2. The second-order valence-electron chi connectivity index (χ2n) is 13.8. The van der Waals surface area contributed by atoms with Crippen molar-refractivity contribution in [3.63, 3.8) is 0 Å². The molecule has 4 rings (SSSR count). The number of likely N-dealkylation sites (N-methyl/N-ethyl adjacent to an activating group) is 1. The summed E-state index contributed by atoms with van der Waals surface area (Å²) in [5.74, 6) is -3.47. The Morgan fingerprint density at radius 1 is 0.983 bits per heavy atom. The maximum atomic E-state index is 13.9. The first kappa shape index (κ1) is 45.4. The van der Waals surface area contributed by atoms with Crippen LogP contribution in [0.4, 0.5) is 4.79 Å². The van der Waals surface area contributed by atoms with Crippen LogP contribution in [0.3, 0.4) is 0 Å². The van der Waals surface area contributed by atoms with Crippen LogP contribution in [0.5, 0.6) is 11.5 Å². The quantitative estimate of drug-likeness (QED) is 0.0751. The van der Waals surface area contributed by atoms with Crippen molar-refractivity contribution in [3.05, 3.63) is 105 Å². The number of hydrogen-bond donors (Lipinski definition) is 10. The summed E-state index contributed by atoms with van der Waals surface area (Å²) in [5.41, 5.74) is 5.75. The Hall–Kier alpha value is -6.32. The third kappa shape index (κ3) is 12.8. The number of carbonyl (C=O) groups excluding carboxylic acids is 4. The number of amides is 5. The number of aliphatic hydroxyl groups excluding tert-OH is 1. The van der Waals surface area contributed by atoms with Crippen molar-refractivity contribution in [3.8, 4) is 11.5 Å². The Kier molecular flexibility index (Phi) is 16.1. The number of urea groups is 1. The number of aliphatic hydroxyl groups is 1. The van der Waals surface area contributed by atoms with Gasteiger partial charge in [-0.3, -0.25) is 28.7 Å². The van der Waals surface area contributed by atoms with Crippen molar-refractivity contribution in [2.75, 3.05) is 19.1 Å². The number of thioether (sulfide) groups is 1. The zero-order valence-electron chi connectivity index (χ0n) is 32.4. The lowest BCUT2D eigenvalue weighted by atomic mass is 10.0. The number of nitrogens with two attached hydrogens (primary N) is 1. The predicted molar refractivity (Wildman–Crippen MR) is 214 cm³/mol. The van der Waals surface area contributed by atoms with Crippen LogP contribution in [0.2, 0.25) is 0 Å². The highest BCUT2D eigenvalue weighted by molar-refractivity contribution is 7.98. The average molecular weight is 841 g/mol. The van der Waals surface area contributed by atoms with Gasteiger partial charge in [-0.1, -0.05) is 24.3 Å². The summed E-state index contributed by atoms with van der Waals surface area (Å²) in [7, 11) is 1.37. The molecule has 2 heterocycles. The molecule has 21 heteroatoms. The zero-order chi connectivity index (χ0) is 43.4. The number of phenolic OH excluding ortho intramolecular Hbond substituents is 2. The fourth-order valence-electron chi connectivity index (χ4n) is 6.14. The van der Waals surface area contributed by atoms with E-state index in [1.807, 2.05) is 0 Å². The number of carboxylic acids is 1. The second kappa shape index (κ2) is 20.9. The molecule has 0 aliphatic carbocycles. The zero-order valence-corrected chi connectivity index (χ0v) is 33.2. The van der Waals surface area contributed by atoms with E-state index in [1.165, 1.54) is 56.1 Å². The largest absolute Gasteiger partial charge is 0.508 e. The van der Waals surface area contributed by atoms with Crippen LogP contribution in [0.25, 0.3) is 0 Å². The number of ether oxygens (including phenoxy) is 1. The maximum Gasteiger partial charge on any atom is 0.331 e. The Labute approximate surface area is 341 Å². The average Bonchev–Trinajstić information content (AvgIpc) is 3.55. The molecule has 318 valence electrons. The van der Waals surface area contributed by atoms with Gasteiger partial charge in [0.25, 0.3) is 5.56 Å². The van der Waals surface area contributed by atoms with E-state index in [0.717, 1.165) is 27.9 Å². The van der Waals surface area contributed by atoms with Crippen molar-refractivity contribution in [1.29, 1.82) is 0 Å². The lowest BCUT2D eigenvalue weighted by molar-refractivity contribution is -0.139. The number of phenols is 2. The SMILES string of the molecule is CSCCC(NC(=O)NC(Cc1cccc(O)c1)C(=O)O)C(=O)NC(C(=O)N/C=C1\CC(O)C(n2ccc(=O)[nH]c2=O)O1)C(C)N(C)C(=O)C(N)Cc1cccc(O)c1. The number of aromatic nitrogens is 2. The third-order valence-electron chi connectivity index (χ3n) is 9.40. The Bertz CT molecular complexity index is 2140. The van der Waals surface area contributed by atoms with E-state index in [9.17, 15) is 54.0 Å². The molecule has 0 bridgehead atoms. The van der Waals surface area contributed by atoms with Crippen molar-refractivity contribution >= 4 is 41.5 Å². The minimum absolute atomic E-state index is 0.0252. The van der Waals surface area contributed by atoms with Gasteiger partial charge in [0.05, 0.1) is 12.1 Å². The molecule has 0 saturated carbocycles. The topological polar surface area (TPSA) is 308 Å². The standard InChI is InChI=1S/C38H48N8O12S/c1-20(45(2)34(53)26(39)16-21-6-4-8-23(47)14-21)31(33(52)40-19-25-18-29(49)35(58-25)46-12-10-30(50)43-38(46)57)44-32(51)27(11-13-59-3)41-37(56)42-28(36(54)55)17-22-7-5-9-24(48)15-22/h4-10,12,14-15,19-20,26-29,31,35,47-49H,11,13,16-18,39H2,1-3H3,(H,40,52)(H,44,51)(H,54,55)(H2,41,42,56)(H,43,50,57)/b25-19+. The van der Waals surface area contributed by atoms with Crippen LogP contribution in [0, 0.1) is 0 Å². The lowest BCUT2D eigenvalue weighted by Crippen LogP contribution is -2.62. The number of aliphatic carboxylic acids is 1. The molecule has 20 nitrogen and oxygen atoms in total. The van der Waals surface area contributed by atoms with Gasteiger partial charge in [-0.05, 0) is 67.2 Å². The van der Waals surface area contributed by atoms with Crippen LogP contribution < -0.4 is 38.2 Å². The summed E-state index contributed by atoms with van der Waals surface area (Å²) in [6.45, 7) is 1.47. The summed E-state index contributed by atoms with van der Waals surface area (Å²) in [6.07, 6.45) is 1.22. The molecule has 7 atom stereocenters. The molecule has 11 N–H and O–H groups in total. The minimum atomic E-state index is -1.52. The molecule has 7 unspecified atom stereocenters. The van der Waals surface area contributed by atoms with Gasteiger partial charge in [0.15, 0.2) is 0 Å². The van der Waals surface area contributed by atoms with E-state index in [-0.39, 0.29) is 42.9 Å². The summed E-state index contributed by atoms with van der Waals surface area (Å²) < 4.78 is 6.65. The molecule has 2 aromatic carbocycles. The Balaban J connectivity index is 1.55. The van der Waals surface area contributed by atoms with Gasteiger partial charge in [-0.25, -0.2) is 14.4 Å². The van der Waals surface area contributed by atoms with Gasteiger partial charge in [0, 0.05) is 38.4 Å². The molecule has 1 aromatic heterocycles. The first-order valence-corrected chi connectivity index (χ1v) is 19.7. The van der Waals surface area contributed by atoms with Crippen LogP contribution in [0.15, 0.2) is 82.3 Å². The van der Waals surface area contributed by atoms with Gasteiger partial charge in [0.2, 0.25) is 23.9 Å². The van der Waals surface area contributed by atoms with E-state index >= 15 is 0 Å². The third-order valence-corrected chi connectivity index (χ3v) is 10.0. The van der Waals surface area contributed by atoms with Crippen molar-refractivity contribution < 1.29 is 49.1 Å². The predicted octanol–water partition coefficient (Wildman–Crippen LogP) is -0.796. The van der Waals surface area contributed by atoms with Gasteiger partial charge in [-0.15, -0.1) is 0 Å². The molecule has 1 fully saturated rings. The number of carbonyl (C=O) groups is 5. The normalized spacial score (nSPS) is 18.0. The van der Waals surface area contributed by atoms with Crippen molar-refractivity contribution in [1.82, 2.24) is 35.7 Å². The summed E-state index contributed by atoms with van der Waals surface area (Å²) in [4.78, 5) is 93.8. The maximum absolute atomic E-state index is 13.9. The first-order valence-electron chi connectivity index (χ1n) is 18.3. The number of nitrogens with zero attached hydrogens (tertiary/aromatic N) is 2. The van der Waals surface area contributed by atoms with Crippen molar-refractivity contribution in [2.24, 2.45) is 5.73 Å². The fourth-order valence-corrected chi connectivity index (χ4v) is 6.62.